The molecule has 1 N–H and O–H groups in total. The third-order valence-corrected chi connectivity index (χ3v) is 5.65. The summed E-state index contributed by atoms with van der Waals surface area (Å²) in [6, 6.07) is 24.9. The number of amides is 1. The molecule has 4 rings (SSSR count). The number of ether oxygens (including phenoxy) is 2. The zero-order chi connectivity index (χ0) is 23.9. The summed E-state index contributed by atoms with van der Waals surface area (Å²) in [5.41, 5.74) is 3.22. The van der Waals surface area contributed by atoms with E-state index in [-0.39, 0.29) is 17.9 Å². The van der Waals surface area contributed by atoms with Gasteiger partial charge in [-0.25, -0.2) is 10.2 Å². The number of nitrogens with zero attached hydrogens (tertiary/aromatic N) is 1. The van der Waals surface area contributed by atoms with Crippen LogP contribution in [0.1, 0.15) is 15.9 Å². The van der Waals surface area contributed by atoms with Crippen molar-refractivity contribution in [2.24, 2.45) is 5.10 Å². The average Bonchev–Trinajstić information content (AvgIpc) is 2.85. The first-order valence-corrected chi connectivity index (χ1v) is 11.4. The van der Waals surface area contributed by atoms with Crippen molar-refractivity contribution in [1.82, 2.24) is 5.43 Å². The lowest BCUT2D eigenvalue weighted by Gasteiger charge is -2.11. The molecule has 0 atom stereocenters. The van der Waals surface area contributed by atoms with Gasteiger partial charge in [-0.2, -0.15) is 5.10 Å². The fourth-order valence-corrected chi connectivity index (χ4v) is 3.64. The minimum absolute atomic E-state index is 0.205. The van der Waals surface area contributed by atoms with Gasteiger partial charge in [-0.05, 0) is 53.2 Å². The van der Waals surface area contributed by atoms with Crippen molar-refractivity contribution < 1.29 is 19.1 Å². The molecule has 6 nitrogen and oxygen atoms in total. The second-order valence-electron chi connectivity index (χ2n) is 7.10. The number of hydrogen-bond donors (Lipinski definition) is 1. The second kappa shape index (κ2) is 11.0. The lowest BCUT2D eigenvalue weighted by molar-refractivity contribution is -0.123. The Hall–Kier alpha value is -3.68. The van der Waals surface area contributed by atoms with Gasteiger partial charge in [0.1, 0.15) is 11.5 Å². The summed E-state index contributed by atoms with van der Waals surface area (Å²) in [5.74, 6) is -0.186. The molecule has 0 unspecified atom stereocenters. The molecule has 34 heavy (non-hydrogen) atoms. The van der Waals surface area contributed by atoms with E-state index >= 15 is 0 Å². The Morgan fingerprint density at radius 2 is 1.68 bits per heavy atom. The highest BCUT2D eigenvalue weighted by atomic mass is 79.9. The minimum Gasteiger partial charge on any atom is -0.484 e. The number of benzene rings is 4. The molecule has 8 heteroatoms. The van der Waals surface area contributed by atoms with Crippen LogP contribution in [0, 0.1) is 0 Å². The van der Waals surface area contributed by atoms with Crippen LogP contribution in [-0.2, 0) is 4.79 Å². The standard InChI is InChI=1S/C26H18BrClN2O4/c27-18-10-12-19(13-11-18)33-16-25(31)30-29-15-22-20-6-2-1-5-17(20)9-14-24(22)34-26(32)21-7-3-4-8-23(21)28/h1-15H,16H2,(H,30,31)/b29-15-. The Morgan fingerprint density at radius 1 is 0.941 bits per heavy atom. The van der Waals surface area contributed by atoms with Crippen molar-refractivity contribution in [2.45, 2.75) is 0 Å². The average molecular weight is 538 g/mol. The Bertz CT molecular complexity index is 1370. The Kier molecular flexibility index (Phi) is 7.57. The molecule has 0 saturated carbocycles. The number of nitrogens with one attached hydrogen (secondary N) is 1. The monoisotopic (exact) mass is 536 g/mol. The largest absolute Gasteiger partial charge is 0.484 e. The number of rotatable bonds is 7. The highest BCUT2D eigenvalue weighted by molar-refractivity contribution is 9.10. The fourth-order valence-electron chi connectivity index (χ4n) is 3.16. The summed E-state index contributed by atoms with van der Waals surface area (Å²) in [7, 11) is 0. The summed E-state index contributed by atoms with van der Waals surface area (Å²) >= 11 is 9.48. The molecule has 0 aliphatic carbocycles. The molecule has 0 heterocycles. The summed E-state index contributed by atoms with van der Waals surface area (Å²) in [6.45, 7) is -0.205. The van der Waals surface area contributed by atoms with Crippen molar-refractivity contribution in [3.63, 3.8) is 0 Å². The first-order valence-electron chi connectivity index (χ1n) is 10.2. The van der Waals surface area contributed by atoms with E-state index < -0.39 is 11.9 Å². The summed E-state index contributed by atoms with van der Waals surface area (Å²) in [5, 5.41) is 6.06. The number of hydrogen-bond acceptors (Lipinski definition) is 5. The predicted molar refractivity (Wildman–Crippen MR) is 136 cm³/mol. The maximum absolute atomic E-state index is 12.7. The molecule has 4 aromatic rings. The molecule has 0 spiro atoms. The maximum Gasteiger partial charge on any atom is 0.345 e. The Labute approximate surface area is 209 Å². The molecule has 4 aromatic carbocycles. The molecule has 1 amide bonds. The van der Waals surface area contributed by atoms with E-state index in [4.69, 9.17) is 21.1 Å². The SMILES string of the molecule is O=C(COc1ccc(Br)cc1)N/N=C\c1c(OC(=O)c2ccccc2Cl)ccc2ccccc12. The molecule has 0 aliphatic heterocycles. The van der Waals surface area contributed by atoms with E-state index in [9.17, 15) is 9.59 Å². The normalized spacial score (nSPS) is 10.9. The third-order valence-electron chi connectivity index (χ3n) is 4.79. The first kappa shape index (κ1) is 23.5. The van der Waals surface area contributed by atoms with E-state index in [2.05, 4.69) is 26.5 Å². The molecular weight excluding hydrogens is 520 g/mol. The van der Waals surface area contributed by atoms with Crippen molar-refractivity contribution >= 4 is 56.4 Å². The minimum atomic E-state index is -0.595. The van der Waals surface area contributed by atoms with E-state index in [0.717, 1.165) is 15.2 Å². The Morgan fingerprint density at radius 3 is 2.47 bits per heavy atom. The van der Waals surface area contributed by atoms with Gasteiger partial charge in [-0.3, -0.25) is 4.79 Å². The van der Waals surface area contributed by atoms with Crippen LogP contribution in [0.4, 0.5) is 0 Å². The first-order chi connectivity index (χ1) is 16.5. The molecule has 0 aliphatic rings. The van der Waals surface area contributed by atoms with Gasteiger partial charge >= 0.3 is 5.97 Å². The van der Waals surface area contributed by atoms with Gasteiger partial charge in [-0.1, -0.05) is 70.0 Å². The van der Waals surface area contributed by atoms with Crippen LogP contribution < -0.4 is 14.9 Å². The van der Waals surface area contributed by atoms with Crippen molar-refractivity contribution in [1.29, 1.82) is 0 Å². The summed E-state index contributed by atoms with van der Waals surface area (Å²) in [4.78, 5) is 24.9. The number of halogens is 2. The van der Waals surface area contributed by atoms with Gasteiger partial charge in [0.05, 0.1) is 16.8 Å². The second-order valence-corrected chi connectivity index (χ2v) is 8.43. The lowest BCUT2D eigenvalue weighted by atomic mass is 10.0. The molecule has 0 saturated heterocycles. The number of carbonyl (C=O) groups excluding carboxylic acids is 2. The van der Waals surface area contributed by atoms with Gasteiger partial charge in [-0.15, -0.1) is 0 Å². The van der Waals surface area contributed by atoms with Gasteiger partial charge in [0.2, 0.25) is 0 Å². The lowest BCUT2D eigenvalue weighted by Crippen LogP contribution is -2.24. The number of fused-ring (bicyclic) bond motifs is 1. The van der Waals surface area contributed by atoms with Crippen molar-refractivity contribution in [2.75, 3.05) is 6.61 Å². The van der Waals surface area contributed by atoms with E-state index in [1.54, 1.807) is 42.5 Å². The zero-order valence-corrected chi connectivity index (χ0v) is 20.0. The quantitative estimate of drug-likeness (QED) is 0.136. The van der Waals surface area contributed by atoms with Crippen LogP contribution >= 0.6 is 27.5 Å². The highest BCUT2D eigenvalue weighted by Gasteiger charge is 2.15. The van der Waals surface area contributed by atoms with Gasteiger partial charge in [0.25, 0.3) is 5.91 Å². The molecule has 0 aromatic heterocycles. The molecule has 170 valence electrons. The van der Waals surface area contributed by atoms with Crippen LogP contribution in [0.3, 0.4) is 0 Å². The van der Waals surface area contributed by atoms with E-state index in [0.29, 0.717) is 16.3 Å². The molecule has 0 bridgehead atoms. The summed E-state index contributed by atoms with van der Waals surface area (Å²) in [6.07, 6.45) is 1.44. The third kappa shape index (κ3) is 5.81. The van der Waals surface area contributed by atoms with Gasteiger partial charge in [0.15, 0.2) is 6.61 Å². The van der Waals surface area contributed by atoms with Crippen LogP contribution in [0.2, 0.25) is 5.02 Å². The smallest absolute Gasteiger partial charge is 0.345 e. The fraction of sp³-hybridized carbons (Fsp3) is 0.0385. The van der Waals surface area contributed by atoms with Gasteiger partial charge < -0.3 is 9.47 Å². The topological polar surface area (TPSA) is 77.0 Å². The van der Waals surface area contributed by atoms with E-state index in [1.165, 1.54) is 6.21 Å². The van der Waals surface area contributed by atoms with Crippen LogP contribution in [0.5, 0.6) is 11.5 Å². The highest BCUT2D eigenvalue weighted by Crippen LogP contribution is 2.28. The number of carbonyl (C=O) groups is 2. The zero-order valence-electron chi connectivity index (χ0n) is 17.7. The van der Waals surface area contributed by atoms with Crippen molar-refractivity contribution in [3.05, 3.63) is 106 Å². The molecular formula is C26H18BrClN2O4. The van der Waals surface area contributed by atoms with Crippen LogP contribution in [0.15, 0.2) is 94.5 Å². The predicted octanol–water partition coefficient (Wildman–Crippen LogP) is 6.00. The Balaban J connectivity index is 1.51. The van der Waals surface area contributed by atoms with Crippen molar-refractivity contribution in [3.8, 4) is 11.5 Å². The number of hydrazone groups is 1. The number of esters is 1. The van der Waals surface area contributed by atoms with Crippen LogP contribution in [-0.4, -0.2) is 24.7 Å². The van der Waals surface area contributed by atoms with E-state index in [1.807, 2.05) is 42.5 Å². The summed E-state index contributed by atoms with van der Waals surface area (Å²) < 4.78 is 12.0. The maximum atomic E-state index is 12.7. The van der Waals surface area contributed by atoms with Gasteiger partial charge in [0, 0.05) is 10.0 Å². The van der Waals surface area contributed by atoms with Crippen LogP contribution in [0.25, 0.3) is 10.8 Å². The molecule has 0 fully saturated rings. The molecule has 0 radical (unpaired) electrons.